The van der Waals surface area contributed by atoms with Crippen molar-refractivity contribution in [2.45, 2.75) is 30.7 Å². The third-order valence-electron chi connectivity index (χ3n) is 3.92. The zero-order chi connectivity index (χ0) is 12.8. The van der Waals surface area contributed by atoms with Crippen molar-refractivity contribution >= 4 is 10.0 Å². The maximum absolute atomic E-state index is 12.2. The highest BCUT2D eigenvalue weighted by atomic mass is 32.2. The van der Waals surface area contributed by atoms with Crippen LogP contribution in [0.5, 0.6) is 0 Å². The third kappa shape index (κ3) is 2.10. The summed E-state index contributed by atoms with van der Waals surface area (Å²) in [5, 5.41) is 0. The number of nitrogens with one attached hydrogen (secondary N) is 1. The van der Waals surface area contributed by atoms with Crippen LogP contribution in [0.4, 0.5) is 0 Å². The molecule has 0 radical (unpaired) electrons. The van der Waals surface area contributed by atoms with Crippen molar-refractivity contribution in [2.75, 3.05) is 0 Å². The van der Waals surface area contributed by atoms with Gasteiger partial charge in [-0.05, 0) is 43.7 Å². The Hall–Kier alpha value is -1.13. The molecule has 1 aromatic carbocycles. The van der Waals surface area contributed by atoms with Crippen molar-refractivity contribution in [3.63, 3.8) is 0 Å². The minimum absolute atomic E-state index is 0.0753. The Morgan fingerprint density at radius 2 is 1.83 bits per heavy atom. The predicted molar refractivity (Wildman–Crippen MR) is 70.6 cm³/mol. The van der Waals surface area contributed by atoms with Gasteiger partial charge in [0.25, 0.3) is 0 Å². The smallest absolute Gasteiger partial charge is 0.207 e. The van der Waals surface area contributed by atoms with Crippen molar-refractivity contribution in [1.82, 2.24) is 4.72 Å². The topological polar surface area (TPSA) is 46.2 Å². The summed E-state index contributed by atoms with van der Waals surface area (Å²) in [7, 11) is -3.37. The van der Waals surface area contributed by atoms with Crippen LogP contribution in [0.15, 0.2) is 41.3 Å². The standard InChI is InChI=1S/C14H17NO2S/c1-10-2-6-13(7-3-10)18(16,17)15-14-9-11-4-5-12(14)8-11/h2-7,11-12,14-15H,8-9H2,1H3. The molecule has 0 aromatic heterocycles. The predicted octanol–water partition coefficient (Wildman–Crippen LogP) is 2.24. The minimum Gasteiger partial charge on any atom is -0.207 e. The molecule has 3 rings (SSSR count). The number of aryl methyl sites for hydroxylation is 1. The molecular weight excluding hydrogens is 246 g/mol. The van der Waals surface area contributed by atoms with E-state index in [1.807, 2.05) is 19.1 Å². The van der Waals surface area contributed by atoms with Gasteiger partial charge in [0.1, 0.15) is 0 Å². The molecular formula is C14H17NO2S. The number of hydrogen-bond acceptors (Lipinski definition) is 2. The van der Waals surface area contributed by atoms with Gasteiger partial charge in [0.05, 0.1) is 4.90 Å². The third-order valence-corrected chi connectivity index (χ3v) is 5.42. The lowest BCUT2D eigenvalue weighted by atomic mass is 10.0. The summed E-state index contributed by atoms with van der Waals surface area (Å²) in [6, 6.07) is 7.07. The van der Waals surface area contributed by atoms with Crippen LogP contribution in [0.1, 0.15) is 18.4 Å². The molecule has 4 heteroatoms. The fourth-order valence-corrected chi connectivity index (χ4v) is 4.20. The Bertz CT molecular complexity index is 574. The largest absolute Gasteiger partial charge is 0.240 e. The fraction of sp³-hybridized carbons (Fsp3) is 0.429. The number of benzene rings is 1. The summed E-state index contributed by atoms with van der Waals surface area (Å²) in [6.07, 6.45) is 6.39. The molecule has 0 spiro atoms. The molecule has 18 heavy (non-hydrogen) atoms. The average molecular weight is 263 g/mol. The van der Waals surface area contributed by atoms with E-state index in [4.69, 9.17) is 0 Å². The van der Waals surface area contributed by atoms with E-state index >= 15 is 0 Å². The Kier molecular flexibility index (Phi) is 2.79. The molecule has 0 aliphatic heterocycles. The van der Waals surface area contributed by atoms with Gasteiger partial charge in [0.2, 0.25) is 10.0 Å². The molecule has 3 atom stereocenters. The quantitative estimate of drug-likeness (QED) is 0.850. The zero-order valence-corrected chi connectivity index (χ0v) is 11.2. The molecule has 3 nitrogen and oxygen atoms in total. The molecule has 2 bridgehead atoms. The first-order valence-electron chi connectivity index (χ1n) is 6.32. The van der Waals surface area contributed by atoms with Gasteiger partial charge in [0, 0.05) is 6.04 Å². The number of sulfonamides is 1. The lowest BCUT2D eigenvalue weighted by Gasteiger charge is -2.19. The minimum atomic E-state index is -3.37. The van der Waals surface area contributed by atoms with Crippen LogP contribution in [-0.4, -0.2) is 14.5 Å². The molecule has 3 unspecified atom stereocenters. The van der Waals surface area contributed by atoms with Gasteiger partial charge in [-0.2, -0.15) is 0 Å². The first kappa shape index (κ1) is 11.9. The molecule has 0 amide bonds. The van der Waals surface area contributed by atoms with Gasteiger partial charge in [0.15, 0.2) is 0 Å². The summed E-state index contributed by atoms with van der Waals surface area (Å²) < 4.78 is 27.3. The number of fused-ring (bicyclic) bond motifs is 2. The second-order valence-electron chi connectivity index (χ2n) is 5.32. The molecule has 1 fully saturated rings. The Morgan fingerprint density at radius 1 is 1.11 bits per heavy atom. The van der Waals surface area contributed by atoms with E-state index in [-0.39, 0.29) is 6.04 Å². The summed E-state index contributed by atoms with van der Waals surface area (Å²) in [4.78, 5) is 0.361. The van der Waals surface area contributed by atoms with Crippen LogP contribution in [-0.2, 0) is 10.0 Å². The van der Waals surface area contributed by atoms with Crippen molar-refractivity contribution in [1.29, 1.82) is 0 Å². The highest BCUT2D eigenvalue weighted by molar-refractivity contribution is 7.89. The molecule has 2 aliphatic rings. The van der Waals surface area contributed by atoms with Crippen molar-refractivity contribution < 1.29 is 8.42 Å². The van der Waals surface area contributed by atoms with Crippen LogP contribution in [0.25, 0.3) is 0 Å². The van der Waals surface area contributed by atoms with Crippen LogP contribution in [0, 0.1) is 18.8 Å². The average Bonchev–Trinajstić information content (AvgIpc) is 2.91. The first-order chi connectivity index (χ1) is 8.54. The van der Waals surface area contributed by atoms with E-state index in [2.05, 4.69) is 16.9 Å². The number of rotatable bonds is 3. The molecule has 0 heterocycles. The Labute approximate surface area is 108 Å². The van der Waals surface area contributed by atoms with E-state index in [1.54, 1.807) is 12.1 Å². The highest BCUT2D eigenvalue weighted by Crippen LogP contribution is 2.39. The van der Waals surface area contributed by atoms with Gasteiger partial charge < -0.3 is 0 Å². The number of hydrogen-bond donors (Lipinski definition) is 1. The number of allylic oxidation sites excluding steroid dienone is 1. The SMILES string of the molecule is Cc1ccc(S(=O)(=O)NC2CC3C=CC2C3)cc1. The van der Waals surface area contributed by atoms with Crippen LogP contribution in [0.2, 0.25) is 0 Å². The van der Waals surface area contributed by atoms with E-state index < -0.39 is 10.0 Å². The Balaban J connectivity index is 1.79. The molecule has 0 saturated heterocycles. The van der Waals surface area contributed by atoms with Gasteiger partial charge >= 0.3 is 0 Å². The molecule has 1 N–H and O–H groups in total. The molecule has 96 valence electrons. The van der Waals surface area contributed by atoms with E-state index in [9.17, 15) is 8.42 Å². The normalized spacial score (nSPS) is 29.9. The lowest BCUT2D eigenvalue weighted by Crippen LogP contribution is -2.37. The van der Waals surface area contributed by atoms with E-state index in [0.29, 0.717) is 16.7 Å². The Morgan fingerprint density at radius 3 is 2.39 bits per heavy atom. The van der Waals surface area contributed by atoms with E-state index in [1.165, 1.54) is 0 Å². The van der Waals surface area contributed by atoms with Crippen molar-refractivity contribution in [3.05, 3.63) is 42.0 Å². The second-order valence-corrected chi connectivity index (χ2v) is 7.04. The summed E-state index contributed by atoms with van der Waals surface area (Å²) in [5.41, 5.74) is 1.07. The summed E-state index contributed by atoms with van der Waals surface area (Å²) >= 11 is 0. The molecule has 1 saturated carbocycles. The van der Waals surface area contributed by atoms with Gasteiger partial charge in [-0.3, -0.25) is 0 Å². The van der Waals surface area contributed by atoms with Crippen molar-refractivity contribution in [3.8, 4) is 0 Å². The van der Waals surface area contributed by atoms with Crippen LogP contribution >= 0.6 is 0 Å². The van der Waals surface area contributed by atoms with E-state index in [0.717, 1.165) is 18.4 Å². The molecule has 2 aliphatic carbocycles. The maximum atomic E-state index is 12.2. The monoisotopic (exact) mass is 263 g/mol. The molecule has 1 aromatic rings. The summed E-state index contributed by atoms with van der Waals surface area (Å²) in [5.74, 6) is 0.955. The second kappa shape index (κ2) is 4.21. The summed E-state index contributed by atoms with van der Waals surface area (Å²) in [6.45, 7) is 1.95. The van der Waals surface area contributed by atoms with Gasteiger partial charge in [-0.15, -0.1) is 0 Å². The van der Waals surface area contributed by atoms with Crippen LogP contribution < -0.4 is 4.72 Å². The van der Waals surface area contributed by atoms with Crippen molar-refractivity contribution in [2.24, 2.45) is 11.8 Å². The first-order valence-corrected chi connectivity index (χ1v) is 7.80. The lowest BCUT2D eigenvalue weighted by molar-refractivity contribution is 0.503. The van der Waals surface area contributed by atoms with Crippen LogP contribution in [0.3, 0.4) is 0 Å². The zero-order valence-electron chi connectivity index (χ0n) is 10.3. The van der Waals surface area contributed by atoms with Gasteiger partial charge in [-0.25, -0.2) is 13.1 Å². The highest BCUT2D eigenvalue weighted by Gasteiger charge is 2.37. The maximum Gasteiger partial charge on any atom is 0.240 e. The van der Waals surface area contributed by atoms with Gasteiger partial charge in [-0.1, -0.05) is 29.8 Å². The fourth-order valence-electron chi connectivity index (χ4n) is 2.90.